The van der Waals surface area contributed by atoms with Crippen LogP contribution in [0, 0.1) is 0 Å². The van der Waals surface area contributed by atoms with Crippen molar-refractivity contribution in [2.45, 2.75) is 11.8 Å². The SMILES string of the molecule is C1=CC2c3ccccc3-c3c(n(-c4nc(-c5ccccc5)cc(-c5ccccc5)n4)c4c3cc(-c3ccccc3)c3c5ccccc5sc34)C2C=C1. The van der Waals surface area contributed by atoms with E-state index in [1.54, 1.807) is 0 Å². The Morgan fingerprint density at radius 1 is 0.519 bits per heavy atom. The summed E-state index contributed by atoms with van der Waals surface area (Å²) in [6, 6.07) is 54.3. The molecule has 52 heavy (non-hydrogen) atoms. The molecule has 6 aromatic carbocycles. The molecule has 4 heteroatoms. The highest BCUT2D eigenvalue weighted by atomic mass is 32.1. The molecule has 0 spiro atoms. The molecule has 0 amide bonds. The van der Waals surface area contributed by atoms with Crippen molar-refractivity contribution in [3.05, 3.63) is 187 Å². The van der Waals surface area contributed by atoms with Crippen LogP contribution in [0.2, 0.25) is 0 Å². The van der Waals surface area contributed by atoms with Gasteiger partial charge in [-0.2, -0.15) is 0 Å². The van der Waals surface area contributed by atoms with Gasteiger partial charge in [-0.25, -0.2) is 9.97 Å². The van der Waals surface area contributed by atoms with Crippen molar-refractivity contribution >= 4 is 42.4 Å². The third-order valence-electron chi connectivity index (χ3n) is 10.8. The molecule has 2 atom stereocenters. The second-order valence-electron chi connectivity index (χ2n) is 13.7. The van der Waals surface area contributed by atoms with Crippen LogP contribution < -0.4 is 0 Å². The van der Waals surface area contributed by atoms with Crippen molar-refractivity contribution in [2.24, 2.45) is 0 Å². The average molecular weight is 682 g/mol. The molecular formula is C48H31N3S. The van der Waals surface area contributed by atoms with Crippen LogP contribution in [-0.4, -0.2) is 14.5 Å². The van der Waals surface area contributed by atoms with E-state index in [9.17, 15) is 0 Å². The Labute approximate surface area is 305 Å². The van der Waals surface area contributed by atoms with Crippen molar-refractivity contribution in [3.63, 3.8) is 0 Å². The minimum absolute atomic E-state index is 0.107. The number of rotatable bonds is 4. The van der Waals surface area contributed by atoms with E-state index in [-0.39, 0.29) is 11.8 Å². The summed E-state index contributed by atoms with van der Waals surface area (Å²) in [6.07, 6.45) is 9.17. The summed E-state index contributed by atoms with van der Waals surface area (Å²) in [5.41, 5.74) is 12.7. The molecule has 2 unspecified atom stereocenters. The Morgan fingerprint density at radius 2 is 1.12 bits per heavy atom. The van der Waals surface area contributed by atoms with Gasteiger partial charge in [-0.3, -0.25) is 4.57 Å². The van der Waals surface area contributed by atoms with E-state index in [1.807, 2.05) is 11.3 Å². The van der Waals surface area contributed by atoms with E-state index < -0.39 is 0 Å². The average Bonchev–Trinajstić information content (AvgIpc) is 3.79. The van der Waals surface area contributed by atoms with E-state index in [1.165, 1.54) is 64.6 Å². The van der Waals surface area contributed by atoms with Gasteiger partial charge in [0, 0.05) is 55.1 Å². The molecule has 11 rings (SSSR count). The topological polar surface area (TPSA) is 30.7 Å². The van der Waals surface area contributed by atoms with Crippen LogP contribution in [0.4, 0.5) is 0 Å². The predicted molar refractivity (Wildman–Crippen MR) is 217 cm³/mol. The Balaban J connectivity index is 1.35. The minimum atomic E-state index is 0.107. The van der Waals surface area contributed by atoms with Gasteiger partial charge in [-0.05, 0) is 40.5 Å². The number of hydrogen-bond donors (Lipinski definition) is 0. The fraction of sp³-hybridized carbons (Fsp3) is 0.0417. The normalized spacial score (nSPS) is 15.9. The summed E-state index contributed by atoms with van der Waals surface area (Å²) in [4.78, 5) is 11.0. The fourth-order valence-corrected chi connectivity index (χ4v) is 9.82. The summed E-state index contributed by atoms with van der Waals surface area (Å²) in [5, 5.41) is 3.79. The lowest BCUT2D eigenvalue weighted by Gasteiger charge is -2.33. The predicted octanol–water partition coefficient (Wildman–Crippen LogP) is 12.8. The van der Waals surface area contributed by atoms with Gasteiger partial charge < -0.3 is 0 Å². The fourth-order valence-electron chi connectivity index (χ4n) is 8.55. The third kappa shape index (κ3) is 4.38. The van der Waals surface area contributed by atoms with E-state index in [2.05, 4.69) is 181 Å². The van der Waals surface area contributed by atoms with Gasteiger partial charge in [-0.1, -0.05) is 158 Å². The maximum Gasteiger partial charge on any atom is 0.235 e. The van der Waals surface area contributed by atoms with E-state index >= 15 is 0 Å². The van der Waals surface area contributed by atoms with Crippen LogP contribution >= 0.6 is 11.3 Å². The Hall–Kier alpha value is -6.36. The maximum absolute atomic E-state index is 5.48. The zero-order chi connectivity index (χ0) is 34.2. The highest BCUT2D eigenvalue weighted by molar-refractivity contribution is 7.26. The van der Waals surface area contributed by atoms with Crippen LogP contribution in [0.15, 0.2) is 176 Å². The molecule has 0 radical (unpaired) electrons. The number of aromatic nitrogens is 3. The smallest absolute Gasteiger partial charge is 0.235 e. The molecule has 2 aliphatic rings. The minimum Gasteiger partial charge on any atom is -0.280 e. The number of nitrogens with zero attached hydrogens (tertiary/aromatic N) is 3. The summed E-state index contributed by atoms with van der Waals surface area (Å²) < 4.78 is 4.97. The lowest BCUT2D eigenvalue weighted by atomic mass is 9.72. The second-order valence-corrected chi connectivity index (χ2v) is 14.7. The van der Waals surface area contributed by atoms with Gasteiger partial charge in [0.25, 0.3) is 0 Å². The van der Waals surface area contributed by atoms with Gasteiger partial charge >= 0.3 is 0 Å². The molecule has 3 nitrogen and oxygen atoms in total. The monoisotopic (exact) mass is 681 g/mol. The molecule has 244 valence electrons. The number of benzene rings is 6. The first kappa shape index (κ1) is 29.4. The molecule has 0 N–H and O–H groups in total. The summed E-state index contributed by atoms with van der Waals surface area (Å²) in [7, 11) is 0. The molecule has 0 aliphatic heterocycles. The van der Waals surface area contributed by atoms with E-state index in [0.717, 1.165) is 22.5 Å². The zero-order valence-electron chi connectivity index (χ0n) is 28.1. The molecule has 2 aliphatic carbocycles. The van der Waals surface area contributed by atoms with Gasteiger partial charge in [0.1, 0.15) is 0 Å². The van der Waals surface area contributed by atoms with Crippen LogP contribution in [0.5, 0.6) is 0 Å². The lowest BCUT2D eigenvalue weighted by molar-refractivity contribution is 0.680. The van der Waals surface area contributed by atoms with Gasteiger partial charge in [0.15, 0.2) is 0 Å². The molecular weight excluding hydrogens is 651 g/mol. The van der Waals surface area contributed by atoms with Gasteiger partial charge in [0.05, 0.1) is 21.6 Å². The van der Waals surface area contributed by atoms with Crippen molar-refractivity contribution in [3.8, 4) is 50.7 Å². The second kappa shape index (κ2) is 11.6. The third-order valence-corrected chi connectivity index (χ3v) is 12.0. The summed E-state index contributed by atoms with van der Waals surface area (Å²) in [5.74, 6) is 1.00. The standard InChI is InChI=1S/C48H31N3S/c1-4-16-30(17-5-1)38-28-39-43-35-24-12-10-22-33(35)34-23-11-13-25-36(34)45(43)51(46(39)47-44(38)37-26-14-15-27-42(37)52-47)48-49-40(31-18-6-2-7-19-31)29-41(50-48)32-20-8-3-9-21-32/h1-29,34,36H. The Kier molecular flexibility index (Phi) is 6.55. The lowest BCUT2D eigenvalue weighted by Crippen LogP contribution is -2.20. The number of allylic oxidation sites excluding steroid dienone is 4. The van der Waals surface area contributed by atoms with Gasteiger partial charge in [-0.15, -0.1) is 11.3 Å². The number of thiophene rings is 1. The zero-order valence-corrected chi connectivity index (χ0v) is 29.0. The summed E-state index contributed by atoms with van der Waals surface area (Å²) in [6.45, 7) is 0. The highest BCUT2D eigenvalue weighted by Crippen LogP contribution is 2.56. The highest BCUT2D eigenvalue weighted by Gasteiger charge is 2.38. The molecule has 0 saturated carbocycles. The number of hydrogen-bond acceptors (Lipinski definition) is 3. The first-order chi connectivity index (χ1) is 25.8. The van der Waals surface area contributed by atoms with Crippen LogP contribution in [0.25, 0.3) is 81.8 Å². The molecule has 0 saturated heterocycles. The number of fused-ring (bicyclic) bond motifs is 12. The van der Waals surface area contributed by atoms with Crippen LogP contribution in [0.1, 0.15) is 23.1 Å². The van der Waals surface area contributed by atoms with Gasteiger partial charge in [0.2, 0.25) is 5.95 Å². The molecule has 9 aromatic rings. The molecule has 0 bridgehead atoms. The molecule has 3 aromatic heterocycles. The maximum atomic E-state index is 5.48. The van der Waals surface area contributed by atoms with Crippen molar-refractivity contribution in [1.82, 2.24) is 14.5 Å². The van der Waals surface area contributed by atoms with Crippen LogP contribution in [-0.2, 0) is 0 Å². The van der Waals surface area contributed by atoms with E-state index in [0.29, 0.717) is 5.95 Å². The molecule has 0 fully saturated rings. The van der Waals surface area contributed by atoms with Crippen molar-refractivity contribution in [1.29, 1.82) is 0 Å². The molecule has 3 heterocycles. The first-order valence-electron chi connectivity index (χ1n) is 17.8. The quantitative estimate of drug-likeness (QED) is 0.185. The van der Waals surface area contributed by atoms with E-state index in [4.69, 9.17) is 9.97 Å². The van der Waals surface area contributed by atoms with Crippen molar-refractivity contribution in [2.75, 3.05) is 0 Å². The van der Waals surface area contributed by atoms with Crippen molar-refractivity contribution < 1.29 is 0 Å². The summed E-state index contributed by atoms with van der Waals surface area (Å²) >= 11 is 1.88. The Bertz CT molecular complexity index is 2840. The largest absolute Gasteiger partial charge is 0.280 e. The first-order valence-corrected chi connectivity index (χ1v) is 18.7. The van der Waals surface area contributed by atoms with Crippen LogP contribution in [0.3, 0.4) is 0 Å². The Morgan fingerprint density at radius 3 is 1.83 bits per heavy atom.